The van der Waals surface area contributed by atoms with Crippen LogP contribution < -0.4 is 5.32 Å². The van der Waals surface area contributed by atoms with E-state index in [4.69, 9.17) is 4.74 Å². The number of hydrogen-bond acceptors (Lipinski definition) is 7. The molecule has 2 unspecified atom stereocenters. The number of ether oxygens (including phenoxy) is 1. The van der Waals surface area contributed by atoms with Crippen LogP contribution in [-0.2, 0) is 24.2 Å². The number of alkyl carbamates (subject to hydrolysis) is 1. The standard InChI is InChI=1S/C24H26N2O7S2/c1-35(31,32)11-10-20(22(27)26-14-34-13-21(26)23(28)29)25-24(30)33-12-19-17-8-4-2-6-15(17)16-7-3-5-9-18(16)19/h2-9,19-21H,10-14H2,1H3,(H,25,30)(H,28,29). The Morgan fingerprint density at radius 2 is 1.71 bits per heavy atom. The number of carbonyl (C=O) groups excluding carboxylic acids is 2. The van der Waals surface area contributed by atoms with Crippen molar-refractivity contribution in [2.75, 3.05) is 30.2 Å². The average molecular weight is 519 g/mol. The maximum absolute atomic E-state index is 13.1. The molecule has 11 heteroatoms. The molecule has 35 heavy (non-hydrogen) atoms. The van der Waals surface area contributed by atoms with E-state index >= 15 is 0 Å². The minimum atomic E-state index is -3.42. The summed E-state index contributed by atoms with van der Waals surface area (Å²) in [6.07, 6.45) is -0.0133. The van der Waals surface area contributed by atoms with Crippen molar-refractivity contribution in [1.82, 2.24) is 10.2 Å². The first-order valence-corrected chi connectivity index (χ1v) is 14.3. The Balaban J connectivity index is 1.46. The van der Waals surface area contributed by atoms with E-state index in [1.54, 1.807) is 0 Å². The highest BCUT2D eigenvalue weighted by Crippen LogP contribution is 2.44. The van der Waals surface area contributed by atoms with Crippen LogP contribution in [0.3, 0.4) is 0 Å². The van der Waals surface area contributed by atoms with Crippen molar-refractivity contribution in [2.24, 2.45) is 0 Å². The molecule has 2 atom stereocenters. The van der Waals surface area contributed by atoms with Gasteiger partial charge in [-0.1, -0.05) is 48.5 Å². The lowest BCUT2D eigenvalue weighted by molar-refractivity contribution is -0.148. The van der Waals surface area contributed by atoms with Crippen LogP contribution in [0.1, 0.15) is 23.5 Å². The topological polar surface area (TPSA) is 130 Å². The van der Waals surface area contributed by atoms with Gasteiger partial charge in [0.2, 0.25) is 5.91 Å². The molecule has 0 aromatic heterocycles. The molecule has 0 bridgehead atoms. The summed E-state index contributed by atoms with van der Waals surface area (Å²) in [5.74, 6) is -1.93. The summed E-state index contributed by atoms with van der Waals surface area (Å²) < 4.78 is 28.9. The van der Waals surface area contributed by atoms with Crippen molar-refractivity contribution in [2.45, 2.75) is 24.4 Å². The number of thioether (sulfide) groups is 1. The number of aliphatic carboxylic acids is 1. The van der Waals surface area contributed by atoms with Gasteiger partial charge < -0.3 is 20.1 Å². The Bertz CT molecular complexity index is 1200. The van der Waals surface area contributed by atoms with Crippen LogP contribution in [0.15, 0.2) is 48.5 Å². The molecule has 1 aliphatic carbocycles. The molecule has 2 aromatic carbocycles. The number of carboxylic acid groups (broad SMARTS) is 1. The van der Waals surface area contributed by atoms with Crippen LogP contribution in [-0.4, -0.2) is 78.7 Å². The van der Waals surface area contributed by atoms with Gasteiger partial charge in [-0.2, -0.15) is 0 Å². The average Bonchev–Trinajstić information content (AvgIpc) is 3.43. The van der Waals surface area contributed by atoms with E-state index in [0.717, 1.165) is 33.4 Å². The molecular weight excluding hydrogens is 492 g/mol. The zero-order chi connectivity index (χ0) is 25.2. The van der Waals surface area contributed by atoms with E-state index in [0.29, 0.717) is 0 Å². The van der Waals surface area contributed by atoms with Gasteiger partial charge in [0.1, 0.15) is 28.5 Å². The highest BCUT2D eigenvalue weighted by molar-refractivity contribution is 7.99. The van der Waals surface area contributed by atoms with Crippen molar-refractivity contribution < 1.29 is 32.6 Å². The number of nitrogens with zero attached hydrogens (tertiary/aromatic N) is 1. The van der Waals surface area contributed by atoms with Gasteiger partial charge in [0.25, 0.3) is 0 Å². The molecule has 0 radical (unpaired) electrons. The fourth-order valence-electron chi connectivity index (χ4n) is 4.44. The third-order valence-corrected chi connectivity index (χ3v) is 8.15. The second-order valence-electron chi connectivity index (χ2n) is 8.60. The molecule has 1 fully saturated rings. The number of carbonyl (C=O) groups is 3. The normalized spacial score (nSPS) is 18.0. The zero-order valence-corrected chi connectivity index (χ0v) is 20.7. The van der Waals surface area contributed by atoms with Gasteiger partial charge >= 0.3 is 12.1 Å². The minimum absolute atomic E-state index is 0.0319. The molecule has 2 aromatic rings. The molecule has 2 amide bonds. The number of sulfone groups is 1. The monoisotopic (exact) mass is 518 g/mol. The predicted molar refractivity (Wildman–Crippen MR) is 132 cm³/mol. The van der Waals surface area contributed by atoms with E-state index in [9.17, 15) is 27.9 Å². The van der Waals surface area contributed by atoms with Crippen molar-refractivity contribution in [3.63, 3.8) is 0 Å². The lowest BCUT2D eigenvalue weighted by atomic mass is 9.98. The van der Waals surface area contributed by atoms with Crippen LogP contribution >= 0.6 is 11.8 Å². The van der Waals surface area contributed by atoms with Gasteiger partial charge in [0.15, 0.2) is 0 Å². The number of amides is 2. The lowest BCUT2D eigenvalue weighted by Crippen LogP contribution is -2.52. The molecule has 2 aliphatic rings. The number of fused-ring (bicyclic) bond motifs is 3. The first-order chi connectivity index (χ1) is 16.7. The highest BCUT2D eigenvalue weighted by Gasteiger charge is 2.38. The first-order valence-electron chi connectivity index (χ1n) is 11.1. The molecule has 1 saturated heterocycles. The minimum Gasteiger partial charge on any atom is -0.480 e. The van der Waals surface area contributed by atoms with Crippen LogP contribution in [0.25, 0.3) is 11.1 Å². The SMILES string of the molecule is CS(=O)(=O)CCC(NC(=O)OCC1c2ccccc2-c2ccccc21)C(=O)N1CSCC1C(=O)O. The van der Waals surface area contributed by atoms with Gasteiger partial charge in [-0.3, -0.25) is 4.79 Å². The van der Waals surface area contributed by atoms with Crippen molar-refractivity contribution in [3.05, 3.63) is 59.7 Å². The zero-order valence-electron chi connectivity index (χ0n) is 19.0. The summed E-state index contributed by atoms with van der Waals surface area (Å²) in [5.41, 5.74) is 4.21. The van der Waals surface area contributed by atoms with Crippen LogP contribution in [0.4, 0.5) is 4.79 Å². The first kappa shape index (κ1) is 25.1. The second kappa shape index (κ2) is 10.3. The van der Waals surface area contributed by atoms with Gasteiger partial charge in [-0.25, -0.2) is 18.0 Å². The summed E-state index contributed by atoms with van der Waals surface area (Å²) in [6, 6.07) is 13.5. The van der Waals surface area contributed by atoms with Crippen molar-refractivity contribution in [1.29, 1.82) is 0 Å². The number of rotatable bonds is 8. The molecular formula is C24H26N2O7S2. The van der Waals surface area contributed by atoms with E-state index in [1.165, 1.54) is 11.8 Å². The van der Waals surface area contributed by atoms with Crippen LogP contribution in [0.5, 0.6) is 0 Å². The van der Waals surface area contributed by atoms with Crippen molar-refractivity contribution in [3.8, 4) is 11.1 Å². The van der Waals surface area contributed by atoms with E-state index in [2.05, 4.69) is 5.32 Å². The molecule has 9 nitrogen and oxygen atoms in total. The second-order valence-corrected chi connectivity index (χ2v) is 11.9. The van der Waals surface area contributed by atoms with Crippen LogP contribution in [0, 0.1) is 0 Å². The van der Waals surface area contributed by atoms with Gasteiger partial charge in [0, 0.05) is 17.9 Å². The fourth-order valence-corrected chi connectivity index (χ4v) is 6.26. The Kier molecular flexibility index (Phi) is 7.36. The molecule has 0 saturated carbocycles. The van der Waals surface area contributed by atoms with E-state index in [-0.39, 0.29) is 36.3 Å². The summed E-state index contributed by atoms with van der Waals surface area (Å²) >= 11 is 1.28. The van der Waals surface area contributed by atoms with Gasteiger partial charge in [-0.15, -0.1) is 11.8 Å². The number of benzene rings is 2. The summed E-state index contributed by atoms with van der Waals surface area (Å²) in [5, 5.41) is 11.9. The Labute approximate surface area is 207 Å². The quantitative estimate of drug-likeness (QED) is 0.545. The van der Waals surface area contributed by atoms with Gasteiger partial charge in [-0.05, 0) is 28.7 Å². The third kappa shape index (κ3) is 5.62. The summed E-state index contributed by atoms with van der Waals surface area (Å²) in [6.45, 7) is 0.0319. The number of nitrogens with one attached hydrogen (secondary N) is 1. The summed E-state index contributed by atoms with van der Waals surface area (Å²) in [4.78, 5) is 38.5. The largest absolute Gasteiger partial charge is 0.480 e. The fraction of sp³-hybridized carbons (Fsp3) is 0.375. The van der Waals surface area contributed by atoms with E-state index < -0.39 is 39.9 Å². The third-order valence-electron chi connectivity index (χ3n) is 6.16. The van der Waals surface area contributed by atoms with Gasteiger partial charge in [0.05, 0.1) is 11.6 Å². The maximum atomic E-state index is 13.1. The van der Waals surface area contributed by atoms with Crippen molar-refractivity contribution >= 4 is 39.6 Å². The number of carboxylic acids is 1. The smallest absolute Gasteiger partial charge is 0.407 e. The Morgan fingerprint density at radius 1 is 1.11 bits per heavy atom. The maximum Gasteiger partial charge on any atom is 0.407 e. The summed E-state index contributed by atoms with van der Waals surface area (Å²) in [7, 11) is -3.42. The molecule has 1 aliphatic heterocycles. The predicted octanol–water partition coefficient (Wildman–Crippen LogP) is 2.31. The Morgan fingerprint density at radius 3 is 2.29 bits per heavy atom. The highest BCUT2D eigenvalue weighted by atomic mass is 32.2. The molecule has 2 N–H and O–H groups in total. The van der Waals surface area contributed by atoms with Crippen LogP contribution in [0.2, 0.25) is 0 Å². The Hall–Kier alpha value is -3.05. The molecule has 0 spiro atoms. The molecule has 186 valence electrons. The lowest BCUT2D eigenvalue weighted by Gasteiger charge is -2.26. The molecule has 1 heterocycles. The van der Waals surface area contributed by atoms with E-state index in [1.807, 2.05) is 48.5 Å². The number of hydrogen-bond donors (Lipinski definition) is 2. The molecule has 4 rings (SSSR count).